The highest BCUT2D eigenvalue weighted by atomic mass is 127. The van der Waals surface area contributed by atoms with Gasteiger partial charge in [0.05, 0.1) is 6.61 Å². The van der Waals surface area contributed by atoms with Gasteiger partial charge in [0.2, 0.25) is 5.91 Å². The molecular formula is C14H18INO2. The number of rotatable bonds is 6. The predicted octanol–water partition coefficient (Wildman–Crippen LogP) is 2.68. The van der Waals surface area contributed by atoms with E-state index in [2.05, 4.69) is 46.9 Å². The van der Waals surface area contributed by atoms with Crippen molar-refractivity contribution in [2.24, 2.45) is 5.92 Å². The molecule has 3 nitrogen and oxygen atoms in total. The van der Waals surface area contributed by atoms with Gasteiger partial charge in [0, 0.05) is 29.7 Å². The monoisotopic (exact) mass is 359 g/mol. The molecule has 0 aromatic heterocycles. The molecule has 0 atom stereocenters. The zero-order valence-corrected chi connectivity index (χ0v) is 12.7. The fourth-order valence-corrected chi connectivity index (χ4v) is 2.23. The van der Waals surface area contributed by atoms with Crippen LogP contribution in [0.1, 0.15) is 18.4 Å². The van der Waals surface area contributed by atoms with Crippen molar-refractivity contribution in [1.29, 1.82) is 0 Å². The van der Waals surface area contributed by atoms with E-state index in [1.165, 1.54) is 9.13 Å². The van der Waals surface area contributed by atoms with Crippen LogP contribution in [-0.4, -0.2) is 31.1 Å². The van der Waals surface area contributed by atoms with Crippen molar-refractivity contribution in [3.05, 3.63) is 33.4 Å². The second-order valence-corrected chi connectivity index (χ2v) is 5.90. The summed E-state index contributed by atoms with van der Waals surface area (Å²) >= 11 is 2.29. The molecule has 0 spiro atoms. The lowest BCUT2D eigenvalue weighted by Crippen LogP contribution is -2.34. The Balaban J connectivity index is 1.99. The van der Waals surface area contributed by atoms with Crippen LogP contribution in [-0.2, 0) is 16.1 Å². The zero-order valence-electron chi connectivity index (χ0n) is 10.6. The number of carbonyl (C=O) groups is 1. The third-order valence-electron chi connectivity index (χ3n) is 3.09. The number of nitrogens with zero attached hydrogens (tertiary/aromatic N) is 1. The second-order valence-electron chi connectivity index (χ2n) is 4.65. The molecule has 0 N–H and O–H groups in total. The zero-order chi connectivity index (χ0) is 13.0. The quantitative estimate of drug-likeness (QED) is 0.731. The molecule has 0 saturated heterocycles. The van der Waals surface area contributed by atoms with E-state index in [0.29, 0.717) is 19.7 Å². The Morgan fingerprint density at radius 1 is 1.39 bits per heavy atom. The molecule has 0 unspecified atom stereocenters. The van der Waals surface area contributed by atoms with Gasteiger partial charge in [0.25, 0.3) is 0 Å². The summed E-state index contributed by atoms with van der Waals surface area (Å²) in [6.07, 6.45) is 2.10. The molecule has 4 heteroatoms. The highest BCUT2D eigenvalue weighted by molar-refractivity contribution is 14.1. The highest BCUT2D eigenvalue weighted by Gasteiger charge is 2.33. The summed E-state index contributed by atoms with van der Waals surface area (Å²) in [5, 5.41) is 0. The molecule has 0 bridgehead atoms. The largest absolute Gasteiger partial charge is 0.383 e. The number of amides is 1. The van der Waals surface area contributed by atoms with Gasteiger partial charge >= 0.3 is 0 Å². The van der Waals surface area contributed by atoms with E-state index in [1.54, 1.807) is 7.11 Å². The first-order chi connectivity index (χ1) is 8.70. The van der Waals surface area contributed by atoms with E-state index in [-0.39, 0.29) is 11.8 Å². The fourth-order valence-electron chi connectivity index (χ4n) is 1.87. The summed E-state index contributed by atoms with van der Waals surface area (Å²) in [6, 6.07) is 8.32. The van der Waals surface area contributed by atoms with Gasteiger partial charge < -0.3 is 9.64 Å². The molecule has 0 aliphatic heterocycles. The molecule has 2 rings (SSSR count). The Morgan fingerprint density at radius 2 is 2.06 bits per heavy atom. The topological polar surface area (TPSA) is 29.5 Å². The van der Waals surface area contributed by atoms with Gasteiger partial charge in [-0.25, -0.2) is 0 Å². The Kier molecular flexibility index (Phi) is 5.00. The number of ether oxygens (including phenoxy) is 1. The van der Waals surface area contributed by atoms with E-state index in [0.717, 1.165) is 12.8 Å². The predicted molar refractivity (Wildman–Crippen MR) is 79.2 cm³/mol. The van der Waals surface area contributed by atoms with Crippen molar-refractivity contribution >= 4 is 28.5 Å². The van der Waals surface area contributed by atoms with Crippen LogP contribution in [0.25, 0.3) is 0 Å². The first-order valence-electron chi connectivity index (χ1n) is 6.23. The number of methoxy groups -OCH3 is 1. The molecule has 1 aliphatic carbocycles. The molecular weight excluding hydrogens is 341 g/mol. The molecule has 1 aromatic carbocycles. The van der Waals surface area contributed by atoms with Gasteiger partial charge in [-0.15, -0.1) is 0 Å². The lowest BCUT2D eigenvalue weighted by Gasteiger charge is -2.22. The maximum Gasteiger partial charge on any atom is 0.226 e. The van der Waals surface area contributed by atoms with Crippen molar-refractivity contribution in [2.75, 3.05) is 20.3 Å². The van der Waals surface area contributed by atoms with Crippen molar-refractivity contribution in [3.8, 4) is 0 Å². The highest BCUT2D eigenvalue weighted by Crippen LogP contribution is 2.31. The number of hydrogen-bond acceptors (Lipinski definition) is 2. The van der Waals surface area contributed by atoms with E-state index in [9.17, 15) is 4.79 Å². The summed E-state index contributed by atoms with van der Waals surface area (Å²) in [4.78, 5) is 14.1. The van der Waals surface area contributed by atoms with Gasteiger partial charge in [-0.2, -0.15) is 0 Å². The Morgan fingerprint density at radius 3 is 2.61 bits per heavy atom. The smallest absolute Gasteiger partial charge is 0.226 e. The van der Waals surface area contributed by atoms with E-state index >= 15 is 0 Å². The molecule has 1 saturated carbocycles. The van der Waals surface area contributed by atoms with Crippen molar-refractivity contribution in [3.63, 3.8) is 0 Å². The van der Waals surface area contributed by atoms with Crippen LogP contribution in [0.4, 0.5) is 0 Å². The summed E-state index contributed by atoms with van der Waals surface area (Å²) in [5.41, 5.74) is 1.18. The van der Waals surface area contributed by atoms with E-state index < -0.39 is 0 Å². The summed E-state index contributed by atoms with van der Waals surface area (Å²) < 4.78 is 6.30. The number of halogens is 1. The van der Waals surface area contributed by atoms with Gasteiger partial charge in [0.1, 0.15) is 0 Å². The third-order valence-corrected chi connectivity index (χ3v) is 3.81. The van der Waals surface area contributed by atoms with Crippen LogP contribution in [0.2, 0.25) is 0 Å². The minimum atomic E-state index is 0.269. The van der Waals surface area contributed by atoms with Crippen molar-refractivity contribution in [2.45, 2.75) is 19.4 Å². The van der Waals surface area contributed by atoms with Gasteiger partial charge in [0.15, 0.2) is 0 Å². The van der Waals surface area contributed by atoms with E-state index in [4.69, 9.17) is 4.74 Å². The van der Waals surface area contributed by atoms with Crippen LogP contribution >= 0.6 is 22.6 Å². The molecule has 1 aliphatic rings. The normalized spacial score (nSPS) is 14.6. The van der Waals surface area contributed by atoms with Crippen molar-refractivity contribution < 1.29 is 9.53 Å². The second kappa shape index (κ2) is 6.52. The molecule has 1 fully saturated rings. The number of carbonyl (C=O) groups excluding carboxylic acids is 1. The minimum absolute atomic E-state index is 0.269. The third kappa shape index (κ3) is 3.95. The lowest BCUT2D eigenvalue weighted by atomic mass is 10.2. The summed E-state index contributed by atoms with van der Waals surface area (Å²) in [5.74, 6) is 0.552. The molecule has 1 aromatic rings. The van der Waals surface area contributed by atoms with Gasteiger partial charge in [-0.1, -0.05) is 12.1 Å². The first kappa shape index (κ1) is 13.8. The SMILES string of the molecule is COCCN(Cc1ccc(I)cc1)C(=O)C1CC1. The first-order valence-corrected chi connectivity index (χ1v) is 7.30. The Labute approximate surface area is 122 Å². The molecule has 18 heavy (non-hydrogen) atoms. The number of hydrogen-bond donors (Lipinski definition) is 0. The Bertz CT molecular complexity index is 401. The molecule has 0 radical (unpaired) electrons. The maximum atomic E-state index is 12.2. The standard InChI is InChI=1S/C14H18INO2/c1-18-9-8-16(14(17)12-4-5-12)10-11-2-6-13(15)7-3-11/h2-3,6-7,12H,4-5,8-10H2,1H3. The van der Waals surface area contributed by atoms with Crippen molar-refractivity contribution in [1.82, 2.24) is 4.90 Å². The maximum absolute atomic E-state index is 12.2. The van der Waals surface area contributed by atoms with E-state index in [1.807, 2.05) is 4.90 Å². The van der Waals surface area contributed by atoms with Crippen LogP contribution in [0, 0.1) is 9.49 Å². The summed E-state index contributed by atoms with van der Waals surface area (Å²) in [7, 11) is 1.67. The van der Waals surface area contributed by atoms with Gasteiger partial charge in [-0.05, 0) is 53.1 Å². The Hall–Kier alpha value is -0.620. The molecule has 1 amide bonds. The summed E-state index contributed by atoms with van der Waals surface area (Å²) in [6.45, 7) is 1.97. The average molecular weight is 359 g/mol. The molecule has 0 heterocycles. The van der Waals surface area contributed by atoms with Gasteiger partial charge in [-0.3, -0.25) is 4.79 Å². The average Bonchev–Trinajstić information content (AvgIpc) is 3.20. The minimum Gasteiger partial charge on any atom is -0.383 e. The van der Waals surface area contributed by atoms with Crippen LogP contribution < -0.4 is 0 Å². The van der Waals surface area contributed by atoms with Crippen LogP contribution in [0.3, 0.4) is 0 Å². The van der Waals surface area contributed by atoms with Crippen LogP contribution in [0.15, 0.2) is 24.3 Å². The number of benzene rings is 1. The lowest BCUT2D eigenvalue weighted by molar-refractivity contribution is -0.133. The fraction of sp³-hybridized carbons (Fsp3) is 0.500. The van der Waals surface area contributed by atoms with Crippen LogP contribution in [0.5, 0.6) is 0 Å². The molecule has 98 valence electrons.